The number of carbonyl (C=O) groups is 1. The Kier molecular flexibility index (Phi) is 6.36. The molecule has 1 saturated heterocycles. The van der Waals surface area contributed by atoms with Crippen molar-refractivity contribution < 1.29 is 4.79 Å². The number of benzene rings is 1. The molecule has 36 heavy (non-hydrogen) atoms. The van der Waals surface area contributed by atoms with Crippen molar-refractivity contribution in [1.29, 1.82) is 0 Å². The van der Waals surface area contributed by atoms with Crippen molar-refractivity contribution in [3.63, 3.8) is 0 Å². The van der Waals surface area contributed by atoms with Crippen molar-refractivity contribution in [3.8, 4) is 11.3 Å². The molecule has 1 aliphatic heterocycles. The molecule has 11 heteroatoms. The van der Waals surface area contributed by atoms with E-state index in [0.717, 1.165) is 34.7 Å². The monoisotopic (exact) mass is 488 g/mol. The van der Waals surface area contributed by atoms with Crippen LogP contribution in [0.3, 0.4) is 0 Å². The molecular weight excluding hydrogens is 460 g/mol. The molecule has 5 rings (SSSR count). The molecule has 0 spiro atoms. The van der Waals surface area contributed by atoms with Crippen LogP contribution < -0.4 is 21.5 Å². The summed E-state index contributed by atoms with van der Waals surface area (Å²) in [6, 6.07) is 11.3. The van der Waals surface area contributed by atoms with E-state index in [4.69, 9.17) is 0 Å². The van der Waals surface area contributed by atoms with E-state index >= 15 is 0 Å². The van der Waals surface area contributed by atoms with Gasteiger partial charge in [-0.1, -0.05) is 25.0 Å². The van der Waals surface area contributed by atoms with Gasteiger partial charge in [0.2, 0.25) is 5.91 Å². The van der Waals surface area contributed by atoms with Crippen molar-refractivity contribution in [2.45, 2.75) is 32.2 Å². The molecule has 0 saturated carbocycles. The summed E-state index contributed by atoms with van der Waals surface area (Å²) < 4.78 is 3.73. The van der Waals surface area contributed by atoms with Gasteiger partial charge in [-0.15, -0.1) is 10.2 Å². The summed E-state index contributed by atoms with van der Waals surface area (Å²) in [7, 11) is 2.94. The second-order valence-corrected chi connectivity index (χ2v) is 9.06. The molecule has 1 fully saturated rings. The van der Waals surface area contributed by atoms with Crippen molar-refractivity contribution in [3.05, 3.63) is 63.6 Å². The molecule has 1 aliphatic rings. The van der Waals surface area contributed by atoms with E-state index < -0.39 is 11.2 Å². The minimum atomic E-state index is -0.498. The van der Waals surface area contributed by atoms with Crippen LogP contribution in [0.25, 0.3) is 22.4 Å². The number of rotatable bonds is 5. The lowest BCUT2D eigenvalue weighted by Gasteiger charge is -2.20. The van der Waals surface area contributed by atoms with Gasteiger partial charge in [0, 0.05) is 38.4 Å². The largest absolute Gasteiger partial charge is 0.355 e. The summed E-state index contributed by atoms with van der Waals surface area (Å²) in [5.41, 5.74) is 1.61. The zero-order chi connectivity index (χ0) is 25.2. The molecule has 4 heterocycles. The van der Waals surface area contributed by atoms with Crippen LogP contribution in [0.1, 0.15) is 25.7 Å². The lowest BCUT2D eigenvalue weighted by Crippen LogP contribution is -2.37. The van der Waals surface area contributed by atoms with Crippen LogP contribution in [0.5, 0.6) is 0 Å². The predicted molar refractivity (Wildman–Crippen MR) is 137 cm³/mol. The molecule has 4 aromatic rings. The van der Waals surface area contributed by atoms with Crippen LogP contribution in [0.2, 0.25) is 0 Å². The minimum absolute atomic E-state index is 0.126. The highest BCUT2D eigenvalue weighted by atomic mass is 16.2. The first-order valence-corrected chi connectivity index (χ1v) is 12.0. The van der Waals surface area contributed by atoms with E-state index in [1.807, 2.05) is 30.3 Å². The maximum absolute atomic E-state index is 12.8. The molecule has 0 atom stereocenters. The molecule has 1 amide bonds. The molecule has 0 bridgehead atoms. The summed E-state index contributed by atoms with van der Waals surface area (Å²) in [6.07, 6.45) is 6.25. The van der Waals surface area contributed by atoms with Crippen LogP contribution in [0.15, 0.2) is 52.3 Å². The van der Waals surface area contributed by atoms with Gasteiger partial charge in [-0.3, -0.25) is 18.7 Å². The maximum atomic E-state index is 12.8. The fourth-order valence-electron chi connectivity index (χ4n) is 4.58. The quantitative estimate of drug-likeness (QED) is 0.456. The van der Waals surface area contributed by atoms with Crippen molar-refractivity contribution >= 4 is 28.6 Å². The number of carbonyl (C=O) groups excluding carboxylic acids is 1. The number of hydrogen-bond acceptors (Lipinski definition) is 7. The van der Waals surface area contributed by atoms with E-state index in [1.54, 1.807) is 6.07 Å². The second kappa shape index (κ2) is 9.76. The Morgan fingerprint density at radius 3 is 2.47 bits per heavy atom. The van der Waals surface area contributed by atoms with Gasteiger partial charge in [-0.25, -0.2) is 9.78 Å². The third-order valence-electron chi connectivity index (χ3n) is 6.55. The number of aryl methyl sites for hydroxylation is 1. The molecule has 1 N–H and O–H groups in total. The van der Waals surface area contributed by atoms with E-state index in [0.29, 0.717) is 5.69 Å². The number of nitrogens with one attached hydrogen (secondary N) is 1. The normalized spacial score (nSPS) is 14.1. The lowest BCUT2D eigenvalue weighted by molar-refractivity contribution is -0.116. The van der Waals surface area contributed by atoms with Crippen LogP contribution >= 0.6 is 0 Å². The Balaban J connectivity index is 1.32. The fraction of sp³-hybridized carbons (Fsp3) is 0.360. The summed E-state index contributed by atoms with van der Waals surface area (Å²) in [5.74, 6) is 0.561. The third kappa shape index (κ3) is 4.51. The van der Waals surface area contributed by atoms with Gasteiger partial charge in [0.25, 0.3) is 5.56 Å². The highest BCUT2D eigenvalue weighted by molar-refractivity contribution is 5.92. The number of anilines is 2. The average molecular weight is 489 g/mol. The highest BCUT2D eigenvalue weighted by Gasteiger charge is 2.16. The zero-order valence-electron chi connectivity index (χ0n) is 20.3. The Morgan fingerprint density at radius 1 is 0.972 bits per heavy atom. The Bertz CT molecular complexity index is 1530. The van der Waals surface area contributed by atoms with E-state index in [-0.39, 0.29) is 23.6 Å². The van der Waals surface area contributed by atoms with E-state index in [1.165, 1.54) is 55.2 Å². The molecule has 0 unspecified atom stereocenters. The van der Waals surface area contributed by atoms with E-state index in [9.17, 15) is 14.4 Å². The fourth-order valence-corrected chi connectivity index (χ4v) is 4.58. The van der Waals surface area contributed by atoms with Gasteiger partial charge >= 0.3 is 5.69 Å². The number of fused-ring (bicyclic) bond motifs is 1. The van der Waals surface area contributed by atoms with Gasteiger partial charge in [0.05, 0.1) is 12.0 Å². The van der Waals surface area contributed by atoms with Gasteiger partial charge in [-0.2, -0.15) is 0 Å². The van der Waals surface area contributed by atoms with Gasteiger partial charge in [0.15, 0.2) is 17.0 Å². The van der Waals surface area contributed by atoms with Crippen molar-refractivity contribution in [2.24, 2.45) is 14.1 Å². The molecule has 11 nitrogen and oxygen atoms in total. The van der Waals surface area contributed by atoms with Gasteiger partial charge < -0.3 is 14.8 Å². The highest BCUT2D eigenvalue weighted by Crippen LogP contribution is 2.23. The van der Waals surface area contributed by atoms with Crippen LogP contribution in [-0.2, 0) is 25.4 Å². The molecule has 3 aromatic heterocycles. The zero-order valence-corrected chi connectivity index (χ0v) is 20.3. The van der Waals surface area contributed by atoms with Crippen molar-refractivity contribution in [1.82, 2.24) is 28.9 Å². The first kappa shape index (κ1) is 23.5. The summed E-state index contributed by atoms with van der Waals surface area (Å²) in [4.78, 5) is 44.0. The first-order valence-electron chi connectivity index (χ1n) is 12.0. The molecular formula is C25H28N8O3. The number of aromatic nitrogens is 6. The molecule has 1 aromatic carbocycles. The number of amides is 1. The number of hydrogen-bond donors (Lipinski definition) is 1. The second-order valence-electron chi connectivity index (χ2n) is 9.06. The topological polar surface area (TPSA) is 120 Å². The number of imidazole rings is 1. The Hall–Kier alpha value is -4.28. The third-order valence-corrected chi connectivity index (χ3v) is 6.55. The molecule has 0 aliphatic carbocycles. The Morgan fingerprint density at radius 2 is 1.75 bits per heavy atom. The molecule has 186 valence electrons. The van der Waals surface area contributed by atoms with Crippen LogP contribution in [0.4, 0.5) is 11.5 Å². The minimum Gasteiger partial charge on any atom is -0.355 e. The van der Waals surface area contributed by atoms with Crippen molar-refractivity contribution in [2.75, 3.05) is 23.3 Å². The van der Waals surface area contributed by atoms with Gasteiger partial charge in [0.1, 0.15) is 6.54 Å². The molecule has 0 radical (unpaired) electrons. The van der Waals surface area contributed by atoms with Crippen LogP contribution in [0, 0.1) is 0 Å². The Labute approximate surface area is 207 Å². The van der Waals surface area contributed by atoms with E-state index in [2.05, 4.69) is 25.4 Å². The summed E-state index contributed by atoms with van der Waals surface area (Å²) in [6.45, 7) is 1.88. The van der Waals surface area contributed by atoms with Crippen LogP contribution in [-0.4, -0.2) is 47.9 Å². The predicted octanol–water partition coefficient (Wildman–Crippen LogP) is 1.91. The summed E-state index contributed by atoms with van der Waals surface area (Å²) >= 11 is 0. The first-order chi connectivity index (χ1) is 17.4. The lowest BCUT2D eigenvalue weighted by atomic mass is 10.1. The SMILES string of the molecule is Cn1c(=O)c2c(ncn2CC(=O)Nc2cccc(-c3ccc(N4CCCCCC4)nn3)c2)n(C)c1=O. The smallest absolute Gasteiger partial charge is 0.332 e. The average Bonchev–Trinajstić information content (AvgIpc) is 3.11. The standard InChI is InChI=1S/C25H28N8O3/c1-30-23-22(24(35)31(2)25(30)36)33(16-26-23)15-21(34)27-18-9-7-8-17(14-18)19-10-11-20(29-28-19)32-12-5-3-4-6-13-32/h7-11,14,16H,3-6,12-13,15H2,1-2H3,(H,27,34). The maximum Gasteiger partial charge on any atom is 0.332 e. The summed E-state index contributed by atoms with van der Waals surface area (Å²) in [5, 5.41) is 11.7. The van der Waals surface area contributed by atoms with Gasteiger partial charge in [-0.05, 0) is 37.1 Å². The number of nitrogens with zero attached hydrogens (tertiary/aromatic N) is 7.